The fraction of sp³-hybridized carbons (Fsp3) is 0.625. The maximum absolute atomic E-state index is 13.3. The van der Waals surface area contributed by atoms with E-state index in [-0.39, 0.29) is 5.82 Å². The van der Waals surface area contributed by atoms with E-state index in [1.807, 2.05) is 6.07 Å². The molecule has 1 aliphatic heterocycles. The molecule has 106 valence electrons. The minimum Gasteiger partial charge on any atom is -0.317 e. The first-order chi connectivity index (χ1) is 9.19. The third-order valence-electron chi connectivity index (χ3n) is 3.99. The van der Waals surface area contributed by atoms with Gasteiger partial charge in [0.05, 0.1) is 0 Å². The normalized spacial score (nSPS) is 20.7. The third kappa shape index (κ3) is 4.29. The molecule has 0 aromatic heterocycles. The van der Waals surface area contributed by atoms with E-state index in [2.05, 4.69) is 24.1 Å². The maximum atomic E-state index is 13.3. The molecule has 0 amide bonds. The van der Waals surface area contributed by atoms with Crippen LogP contribution < -0.4 is 5.32 Å². The Labute approximate surface area is 116 Å². The summed E-state index contributed by atoms with van der Waals surface area (Å²) in [6.45, 7) is 9.51. The SMILES string of the molecule is CCNCC1CCCN(Cc2cc(F)ccc2C)C1. The number of hydrogen-bond acceptors (Lipinski definition) is 2. The third-order valence-corrected chi connectivity index (χ3v) is 3.99. The van der Waals surface area contributed by atoms with E-state index >= 15 is 0 Å². The van der Waals surface area contributed by atoms with E-state index in [0.717, 1.165) is 44.2 Å². The highest BCUT2D eigenvalue weighted by atomic mass is 19.1. The van der Waals surface area contributed by atoms with Crippen LogP contribution in [0.3, 0.4) is 0 Å². The molecule has 1 atom stereocenters. The van der Waals surface area contributed by atoms with Crippen molar-refractivity contribution < 1.29 is 4.39 Å². The topological polar surface area (TPSA) is 15.3 Å². The molecule has 0 bridgehead atoms. The summed E-state index contributed by atoms with van der Waals surface area (Å²) >= 11 is 0. The predicted octanol–water partition coefficient (Wildman–Crippen LogP) is 2.96. The van der Waals surface area contributed by atoms with Crippen molar-refractivity contribution in [3.8, 4) is 0 Å². The standard InChI is InChI=1S/C16H25FN2/c1-3-18-10-14-5-4-8-19(11-14)12-15-9-16(17)7-6-13(15)2/h6-7,9,14,18H,3-5,8,10-12H2,1-2H3. The number of nitrogens with zero attached hydrogens (tertiary/aromatic N) is 1. The highest BCUT2D eigenvalue weighted by molar-refractivity contribution is 5.26. The fourth-order valence-electron chi connectivity index (χ4n) is 2.86. The first-order valence-electron chi connectivity index (χ1n) is 7.37. The van der Waals surface area contributed by atoms with Gasteiger partial charge in [-0.15, -0.1) is 0 Å². The molecule has 2 nitrogen and oxygen atoms in total. The summed E-state index contributed by atoms with van der Waals surface area (Å²) < 4.78 is 13.3. The average molecular weight is 264 g/mol. The lowest BCUT2D eigenvalue weighted by Gasteiger charge is -2.33. The van der Waals surface area contributed by atoms with Gasteiger partial charge in [0.25, 0.3) is 0 Å². The van der Waals surface area contributed by atoms with Crippen LogP contribution in [0.1, 0.15) is 30.9 Å². The van der Waals surface area contributed by atoms with E-state index in [4.69, 9.17) is 0 Å². The first kappa shape index (κ1) is 14.5. The molecule has 1 unspecified atom stereocenters. The molecule has 0 saturated carbocycles. The van der Waals surface area contributed by atoms with Gasteiger partial charge in [-0.2, -0.15) is 0 Å². The smallest absolute Gasteiger partial charge is 0.123 e. The van der Waals surface area contributed by atoms with Crippen LogP contribution in [0.25, 0.3) is 0 Å². The summed E-state index contributed by atoms with van der Waals surface area (Å²) in [7, 11) is 0. The van der Waals surface area contributed by atoms with Crippen molar-refractivity contribution >= 4 is 0 Å². The van der Waals surface area contributed by atoms with Crippen molar-refractivity contribution in [1.29, 1.82) is 0 Å². The summed E-state index contributed by atoms with van der Waals surface area (Å²) in [5.41, 5.74) is 2.32. The molecular weight excluding hydrogens is 239 g/mol. The number of likely N-dealkylation sites (tertiary alicyclic amines) is 1. The Hall–Kier alpha value is -0.930. The Kier molecular flexibility index (Phi) is 5.34. The Bertz CT molecular complexity index is 406. The second kappa shape index (κ2) is 7.01. The molecule has 1 fully saturated rings. The first-order valence-corrected chi connectivity index (χ1v) is 7.37. The Morgan fingerprint density at radius 1 is 1.42 bits per heavy atom. The second-order valence-electron chi connectivity index (χ2n) is 5.62. The Morgan fingerprint density at radius 3 is 3.05 bits per heavy atom. The van der Waals surface area contributed by atoms with Crippen molar-refractivity contribution in [2.75, 3.05) is 26.2 Å². The van der Waals surface area contributed by atoms with Gasteiger partial charge >= 0.3 is 0 Å². The summed E-state index contributed by atoms with van der Waals surface area (Å²) in [5, 5.41) is 3.44. The van der Waals surface area contributed by atoms with Gasteiger partial charge in [-0.3, -0.25) is 4.90 Å². The van der Waals surface area contributed by atoms with Crippen molar-refractivity contribution in [2.45, 2.75) is 33.2 Å². The average Bonchev–Trinajstić information content (AvgIpc) is 2.41. The highest BCUT2D eigenvalue weighted by Crippen LogP contribution is 2.20. The lowest BCUT2D eigenvalue weighted by atomic mass is 9.97. The molecule has 2 rings (SSSR count). The van der Waals surface area contributed by atoms with E-state index in [1.165, 1.54) is 18.4 Å². The molecule has 1 heterocycles. The number of halogens is 1. The zero-order chi connectivity index (χ0) is 13.7. The summed E-state index contributed by atoms with van der Waals surface area (Å²) in [4.78, 5) is 2.47. The molecule has 1 aromatic rings. The lowest BCUT2D eigenvalue weighted by molar-refractivity contribution is 0.165. The van der Waals surface area contributed by atoms with Crippen LogP contribution in [-0.2, 0) is 6.54 Å². The summed E-state index contributed by atoms with van der Waals surface area (Å²) in [6, 6.07) is 5.11. The molecular formula is C16H25FN2. The number of aryl methyl sites for hydroxylation is 1. The van der Waals surface area contributed by atoms with Gasteiger partial charge in [-0.25, -0.2) is 4.39 Å². The number of hydrogen-bond donors (Lipinski definition) is 1. The molecule has 1 aliphatic rings. The van der Waals surface area contributed by atoms with Gasteiger partial charge in [0, 0.05) is 13.1 Å². The number of nitrogens with one attached hydrogen (secondary N) is 1. The van der Waals surface area contributed by atoms with E-state index in [9.17, 15) is 4.39 Å². The Balaban J connectivity index is 1.93. The van der Waals surface area contributed by atoms with Gasteiger partial charge in [0.2, 0.25) is 0 Å². The van der Waals surface area contributed by atoms with Gasteiger partial charge in [0.1, 0.15) is 5.82 Å². The minimum atomic E-state index is -0.123. The molecule has 0 aliphatic carbocycles. The fourth-order valence-corrected chi connectivity index (χ4v) is 2.86. The highest BCUT2D eigenvalue weighted by Gasteiger charge is 2.19. The van der Waals surface area contributed by atoms with Crippen LogP contribution in [0.2, 0.25) is 0 Å². The van der Waals surface area contributed by atoms with Crippen LogP contribution in [0.5, 0.6) is 0 Å². The van der Waals surface area contributed by atoms with Crippen molar-refractivity contribution in [1.82, 2.24) is 10.2 Å². The van der Waals surface area contributed by atoms with Gasteiger partial charge in [-0.05, 0) is 68.6 Å². The van der Waals surface area contributed by atoms with Gasteiger partial charge in [0.15, 0.2) is 0 Å². The van der Waals surface area contributed by atoms with Crippen LogP contribution in [-0.4, -0.2) is 31.1 Å². The van der Waals surface area contributed by atoms with E-state index < -0.39 is 0 Å². The predicted molar refractivity (Wildman–Crippen MR) is 77.7 cm³/mol. The molecule has 19 heavy (non-hydrogen) atoms. The van der Waals surface area contributed by atoms with Crippen LogP contribution in [0.15, 0.2) is 18.2 Å². The van der Waals surface area contributed by atoms with Gasteiger partial charge in [-0.1, -0.05) is 13.0 Å². The second-order valence-corrected chi connectivity index (χ2v) is 5.62. The van der Waals surface area contributed by atoms with E-state index in [0.29, 0.717) is 0 Å². The number of benzene rings is 1. The van der Waals surface area contributed by atoms with Gasteiger partial charge < -0.3 is 5.32 Å². The largest absolute Gasteiger partial charge is 0.317 e. The quantitative estimate of drug-likeness (QED) is 0.879. The van der Waals surface area contributed by atoms with Crippen LogP contribution in [0, 0.1) is 18.7 Å². The minimum absolute atomic E-state index is 0.123. The lowest BCUT2D eigenvalue weighted by Crippen LogP contribution is -2.39. The van der Waals surface area contributed by atoms with Crippen LogP contribution >= 0.6 is 0 Å². The number of piperidine rings is 1. The van der Waals surface area contributed by atoms with Crippen molar-refractivity contribution in [3.63, 3.8) is 0 Å². The van der Waals surface area contributed by atoms with Crippen molar-refractivity contribution in [3.05, 3.63) is 35.1 Å². The zero-order valence-corrected chi connectivity index (χ0v) is 12.1. The van der Waals surface area contributed by atoms with Crippen LogP contribution in [0.4, 0.5) is 4.39 Å². The van der Waals surface area contributed by atoms with Crippen molar-refractivity contribution in [2.24, 2.45) is 5.92 Å². The molecule has 0 spiro atoms. The zero-order valence-electron chi connectivity index (χ0n) is 12.1. The summed E-state index contributed by atoms with van der Waals surface area (Å²) in [6.07, 6.45) is 2.57. The maximum Gasteiger partial charge on any atom is 0.123 e. The molecule has 1 N–H and O–H groups in total. The van der Waals surface area contributed by atoms with E-state index in [1.54, 1.807) is 12.1 Å². The molecule has 3 heteroatoms. The molecule has 0 radical (unpaired) electrons. The summed E-state index contributed by atoms with van der Waals surface area (Å²) in [5.74, 6) is 0.615. The monoisotopic (exact) mass is 264 g/mol. The molecule has 1 aromatic carbocycles. The number of rotatable bonds is 5. The Morgan fingerprint density at radius 2 is 2.26 bits per heavy atom. The molecule has 1 saturated heterocycles.